The quantitative estimate of drug-likeness (QED) is 0.815. The molecule has 2 N–H and O–H groups in total. The first-order chi connectivity index (χ1) is 12.6. The number of nitrogens with zero attached hydrogens (tertiary/aromatic N) is 2. The topological polar surface area (TPSA) is 69.7 Å². The molecule has 0 spiro atoms. The number of amides is 1. The van der Waals surface area contributed by atoms with E-state index >= 15 is 0 Å². The molecule has 0 atom stereocenters. The molecular weight excluding hydrogens is 328 g/mol. The molecule has 1 saturated heterocycles. The second-order valence-electron chi connectivity index (χ2n) is 7.75. The fraction of sp³-hybridized carbons (Fsp3) is 0.600. The number of hydrogen-bond donors (Lipinski definition) is 2. The summed E-state index contributed by atoms with van der Waals surface area (Å²) >= 11 is 0. The van der Waals surface area contributed by atoms with Crippen LogP contribution in [0.15, 0.2) is 10.7 Å². The van der Waals surface area contributed by atoms with Crippen molar-refractivity contribution in [3.8, 4) is 0 Å². The Morgan fingerprint density at radius 2 is 1.96 bits per heavy atom. The lowest BCUT2D eigenvalue weighted by molar-refractivity contribution is -0.116. The summed E-state index contributed by atoms with van der Waals surface area (Å²) in [6.45, 7) is 7.17. The Bertz CT molecular complexity index is 754. The highest BCUT2D eigenvalue weighted by atomic mass is 16.5. The minimum atomic E-state index is -0.194. The molecule has 0 unspecified atom stereocenters. The van der Waals surface area contributed by atoms with Crippen LogP contribution < -0.4 is 5.43 Å². The maximum absolute atomic E-state index is 12.3. The van der Waals surface area contributed by atoms with Gasteiger partial charge in [-0.3, -0.25) is 9.69 Å². The highest BCUT2D eigenvalue weighted by molar-refractivity contribution is 6.24. The largest absolute Gasteiger partial charge is 0.473 e. The summed E-state index contributed by atoms with van der Waals surface area (Å²) in [5.74, 6) is 0.199. The molecule has 0 saturated carbocycles. The molecule has 4 rings (SSSR count). The Labute approximate surface area is 154 Å². The van der Waals surface area contributed by atoms with Gasteiger partial charge in [0.05, 0.1) is 6.10 Å². The maximum atomic E-state index is 12.3. The SMILES string of the molecule is CC(C)OC1=NNC(=O)C1=Cc1[nH]c2c(c1CN1CCCC1)CCCC2. The van der Waals surface area contributed by atoms with Crippen LogP contribution in [0.2, 0.25) is 0 Å². The lowest BCUT2D eigenvalue weighted by atomic mass is 9.94. The number of likely N-dealkylation sites (tertiary alicyclic amines) is 1. The van der Waals surface area contributed by atoms with E-state index in [0.717, 1.165) is 25.1 Å². The van der Waals surface area contributed by atoms with E-state index < -0.39 is 0 Å². The molecule has 0 aromatic carbocycles. The van der Waals surface area contributed by atoms with Gasteiger partial charge in [0.2, 0.25) is 5.90 Å². The Balaban J connectivity index is 1.69. The van der Waals surface area contributed by atoms with E-state index in [-0.39, 0.29) is 12.0 Å². The molecular formula is C20H28N4O2. The molecule has 6 heteroatoms. The number of aromatic nitrogens is 1. The number of aromatic amines is 1. The fourth-order valence-corrected chi connectivity index (χ4v) is 4.15. The third kappa shape index (κ3) is 3.43. The molecule has 1 aliphatic carbocycles. The van der Waals surface area contributed by atoms with Gasteiger partial charge in [0, 0.05) is 17.9 Å². The van der Waals surface area contributed by atoms with E-state index in [9.17, 15) is 4.79 Å². The Kier molecular flexibility index (Phi) is 4.85. The first-order valence-corrected chi connectivity index (χ1v) is 9.83. The van der Waals surface area contributed by atoms with Gasteiger partial charge >= 0.3 is 0 Å². The number of ether oxygens (including phenoxy) is 1. The third-order valence-corrected chi connectivity index (χ3v) is 5.39. The summed E-state index contributed by atoms with van der Waals surface area (Å²) in [6, 6.07) is 0. The van der Waals surface area contributed by atoms with Crippen LogP contribution in [0.4, 0.5) is 0 Å². The van der Waals surface area contributed by atoms with Crippen molar-refractivity contribution in [1.29, 1.82) is 0 Å². The van der Waals surface area contributed by atoms with Crippen molar-refractivity contribution in [2.24, 2.45) is 5.10 Å². The van der Waals surface area contributed by atoms with Gasteiger partial charge in [-0.05, 0) is 82.7 Å². The number of nitrogens with one attached hydrogen (secondary N) is 2. The molecule has 140 valence electrons. The zero-order chi connectivity index (χ0) is 18.1. The van der Waals surface area contributed by atoms with E-state index in [0.29, 0.717) is 11.5 Å². The zero-order valence-corrected chi connectivity index (χ0v) is 15.7. The molecule has 3 aliphatic rings. The fourth-order valence-electron chi connectivity index (χ4n) is 4.15. The van der Waals surface area contributed by atoms with Crippen molar-refractivity contribution in [3.63, 3.8) is 0 Å². The Morgan fingerprint density at radius 3 is 2.73 bits per heavy atom. The van der Waals surface area contributed by atoms with E-state index in [1.54, 1.807) is 0 Å². The predicted octanol–water partition coefficient (Wildman–Crippen LogP) is 2.74. The molecule has 2 aliphatic heterocycles. The van der Waals surface area contributed by atoms with Gasteiger partial charge < -0.3 is 9.72 Å². The molecule has 1 fully saturated rings. The molecule has 0 radical (unpaired) electrons. The van der Waals surface area contributed by atoms with Gasteiger partial charge in [0.15, 0.2) is 0 Å². The van der Waals surface area contributed by atoms with Crippen LogP contribution in [-0.2, 0) is 28.9 Å². The average Bonchev–Trinajstić information content (AvgIpc) is 3.32. The smallest absolute Gasteiger partial charge is 0.277 e. The molecule has 1 aromatic rings. The normalized spacial score (nSPS) is 22.0. The minimum Gasteiger partial charge on any atom is -0.473 e. The summed E-state index contributed by atoms with van der Waals surface area (Å²) in [5.41, 5.74) is 8.27. The highest BCUT2D eigenvalue weighted by Gasteiger charge is 2.28. The minimum absolute atomic E-state index is 0.0224. The highest BCUT2D eigenvalue weighted by Crippen LogP contribution is 2.30. The van der Waals surface area contributed by atoms with Crippen molar-refractivity contribution >= 4 is 17.9 Å². The van der Waals surface area contributed by atoms with E-state index in [4.69, 9.17) is 4.74 Å². The van der Waals surface area contributed by atoms with Crippen LogP contribution in [0.3, 0.4) is 0 Å². The predicted molar refractivity (Wildman–Crippen MR) is 102 cm³/mol. The summed E-state index contributed by atoms with van der Waals surface area (Å²) in [7, 11) is 0. The first kappa shape index (κ1) is 17.3. The Morgan fingerprint density at radius 1 is 1.19 bits per heavy atom. The number of hydrogen-bond acceptors (Lipinski definition) is 4. The lowest BCUT2D eigenvalue weighted by Gasteiger charge is -2.18. The number of hydrazone groups is 1. The average molecular weight is 356 g/mol. The van der Waals surface area contributed by atoms with E-state index in [1.165, 1.54) is 55.6 Å². The van der Waals surface area contributed by atoms with Crippen molar-refractivity contribution in [1.82, 2.24) is 15.3 Å². The second kappa shape index (κ2) is 7.27. The van der Waals surface area contributed by atoms with Crippen LogP contribution in [0, 0.1) is 0 Å². The zero-order valence-electron chi connectivity index (χ0n) is 15.7. The van der Waals surface area contributed by atoms with Crippen LogP contribution in [0.5, 0.6) is 0 Å². The van der Waals surface area contributed by atoms with E-state index in [2.05, 4.69) is 20.4 Å². The monoisotopic (exact) mass is 356 g/mol. The standard InChI is InChI=1S/C20H28N4O2/c1-13(2)26-20-15(19(25)22-23-20)11-18-16(12-24-9-5-6-10-24)14-7-3-4-8-17(14)21-18/h11,13,21H,3-10,12H2,1-2H3,(H,22,25). The van der Waals surface area contributed by atoms with Crippen molar-refractivity contribution in [2.45, 2.75) is 65.0 Å². The number of rotatable bonds is 4. The number of carbonyl (C=O) groups excluding carboxylic acids is 1. The van der Waals surface area contributed by atoms with Crippen molar-refractivity contribution in [2.75, 3.05) is 13.1 Å². The molecule has 1 amide bonds. The molecule has 6 nitrogen and oxygen atoms in total. The van der Waals surface area contributed by atoms with Gasteiger partial charge in [-0.1, -0.05) is 0 Å². The van der Waals surface area contributed by atoms with Gasteiger partial charge in [0.1, 0.15) is 5.57 Å². The number of H-pyrrole nitrogens is 1. The van der Waals surface area contributed by atoms with Gasteiger partial charge in [-0.15, -0.1) is 5.10 Å². The molecule has 26 heavy (non-hydrogen) atoms. The van der Waals surface area contributed by atoms with Crippen molar-refractivity contribution < 1.29 is 9.53 Å². The van der Waals surface area contributed by atoms with Gasteiger partial charge in [-0.2, -0.15) is 0 Å². The number of carbonyl (C=O) groups is 1. The van der Waals surface area contributed by atoms with Crippen molar-refractivity contribution in [3.05, 3.63) is 28.1 Å². The molecule has 3 heterocycles. The Hall–Kier alpha value is -2.08. The molecule has 1 aromatic heterocycles. The summed E-state index contributed by atoms with van der Waals surface area (Å²) in [5, 5.41) is 4.05. The third-order valence-electron chi connectivity index (χ3n) is 5.39. The summed E-state index contributed by atoms with van der Waals surface area (Å²) in [4.78, 5) is 18.4. The van der Waals surface area contributed by atoms with E-state index in [1.807, 2.05) is 19.9 Å². The number of aryl methyl sites for hydroxylation is 1. The second-order valence-corrected chi connectivity index (χ2v) is 7.75. The van der Waals surface area contributed by atoms with Crippen LogP contribution in [-0.4, -0.2) is 40.9 Å². The van der Waals surface area contributed by atoms with Crippen LogP contribution in [0.1, 0.15) is 62.0 Å². The lowest BCUT2D eigenvalue weighted by Crippen LogP contribution is -2.20. The maximum Gasteiger partial charge on any atom is 0.277 e. The van der Waals surface area contributed by atoms with Gasteiger partial charge in [0.25, 0.3) is 5.91 Å². The summed E-state index contributed by atoms with van der Waals surface area (Å²) in [6.07, 6.45) is 9.19. The van der Waals surface area contributed by atoms with Crippen LogP contribution in [0.25, 0.3) is 6.08 Å². The number of fused-ring (bicyclic) bond motifs is 1. The first-order valence-electron chi connectivity index (χ1n) is 9.83. The van der Waals surface area contributed by atoms with Gasteiger partial charge in [-0.25, -0.2) is 5.43 Å². The summed E-state index contributed by atoms with van der Waals surface area (Å²) < 4.78 is 5.72. The molecule has 0 bridgehead atoms. The van der Waals surface area contributed by atoms with Crippen LogP contribution >= 0.6 is 0 Å².